The highest BCUT2D eigenvalue weighted by Gasteiger charge is 2.59. The quantitative estimate of drug-likeness (QED) is 0.838. The number of aromatic nitrogens is 2. The van der Waals surface area contributed by atoms with Crippen molar-refractivity contribution in [1.29, 1.82) is 0 Å². The van der Waals surface area contributed by atoms with Crippen molar-refractivity contribution in [2.75, 3.05) is 5.32 Å². The summed E-state index contributed by atoms with van der Waals surface area (Å²) in [6.45, 7) is 7.10. The maximum absolute atomic E-state index is 5.75. The first kappa shape index (κ1) is 13.7. The molecular weight excluding hydrogens is 268 g/mol. The van der Waals surface area contributed by atoms with Crippen LogP contribution in [0.4, 0.5) is 5.82 Å². The average Bonchev–Trinajstić information content (AvgIpc) is 2.86. The number of hydrogen-bond acceptors (Lipinski definition) is 4. The third-order valence-electron chi connectivity index (χ3n) is 5.48. The summed E-state index contributed by atoms with van der Waals surface area (Å²) in [5.74, 6) is 1.52. The second-order valence-electron chi connectivity index (χ2n) is 7.11. The molecule has 2 aliphatic rings. The van der Waals surface area contributed by atoms with Crippen LogP contribution in [-0.2, 0) is 0 Å². The van der Waals surface area contributed by atoms with Crippen molar-refractivity contribution in [1.82, 2.24) is 9.97 Å². The zero-order valence-electron chi connectivity index (χ0n) is 12.3. The van der Waals surface area contributed by atoms with Crippen LogP contribution >= 0.6 is 12.2 Å². The number of hydrogen-bond donors (Lipinski definition) is 2. The van der Waals surface area contributed by atoms with E-state index in [0.29, 0.717) is 22.1 Å². The second kappa shape index (κ2) is 4.38. The fourth-order valence-corrected chi connectivity index (χ4v) is 4.57. The summed E-state index contributed by atoms with van der Waals surface area (Å²) in [4.78, 5) is 8.96. The van der Waals surface area contributed by atoms with Gasteiger partial charge in [-0.3, -0.25) is 0 Å². The molecule has 20 heavy (non-hydrogen) atoms. The summed E-state index contributed by atoms with van der Waals surface area (Å²) in [6, 6.07) is 0.388. The van der Waals surface area contributed by atoms with Crippen LogP contribution in [-0.4, -0.2) is 21.0 Å². The lowest BCUT2D eigenvalue weighted by molar-refractivity contribution is 0.155. The minimum absolute atomic E-state index is 0.262. The molecule has 5 heteroatoms. The van der Waals surface area contributed by atoms with Gasteiger partial charge in [0.05, 0.1) is 0 Å². The molecule has 1 aromatic heterocycles. The van der Waals surface area contributed by atoms with Crippen molar-refractivity contribution in [2.24, 2.45) is 22.5 Å². The van der Waals surface area contributed by atoms with Crippen LogP contribution < -0.4 is 11.1 Å². The van der Waals surface area contributed by atoms with Gasteiger partial charge in [0.2, 0.25) is 0 Å². The van der Waals surface area contributed by atoms with Gasteiger partial charge in [0.25, 0.3) is 0 Å². The van der Waals surface area contributed by atoms with Gasteiger partial charge in [0.15, 0.2) is 5.82 Å². The van der Waals surface area contributed by atoms with E-state index in [1.807, 2.05) is 0 Å². The third-order valence-corrected chi connectivity index (χ3v) is 5.68. The van der Waals surface area contributed by atoms with Gasteiger partial charge in [-0.05, 0) is 36.0 Å². The molecule has 0 aromatic carbocycles. The van der Waals surface area contributed by atoms with E-state index in [9.17, 15) is 0 Å². The molecule has 108 valence electrons. The maximum atomic E-state index is 5.75. The van der Waals surface area contributed by atoms with E-state index in [4.69, 9.17) is 18.0 Å². The zero-order valence-corrected chi connectivity index (χ0v) is 13.1. The monoisotopic (exact) mass is 290 g/mol. The third kappa shape index (κ3) is 1.91. The predicted molar refractivity (Wildman–Crippen MR) is 84.6 cm³/mol. The number of nitrogens with one attached hydrogen (secondary N) is 1. The van der Waals surface area contributed by atoms with Crippen LogP contribution in [0.1, 0.15) is 45.7 Å². The van der Waals surface area contributed by atoms with Gasteiger partial charge in [0, 0.05) is 18.4 Å². The SMILES string of the molecule is CC12CCC(C1)C(C)(C)C2Nc1nccnc1C(N)=S. The van der Waals surface area contributed by atoms with Crippen LogP contribution in [0.15, 0.2) is 12.4 Å². The van der Waals surface area contributed by atoms with Crippen LogP contribution in [0.3, 0.4) is 0 Å². The first-order chi connectivity index (χ1) is 9.34. The highest BCUT2D eigenvalue weighted by molar-refractivity contribution is 7.80. The van der Waals surface area contributed by atoms with Crippen molar-refractivity contribution in [3.8, 4) is 0 Å². The smallest absolute Gasteiger partial charge is 0.155 e. The fraction of sp³-hybridized carbons (Fsp3) is 0.667. The van der Waals surface area contributed by atoms with Gasteiger partial charge >= 0.3 is 0 Å². The van der Waals surface area contributed by atoms with E-state index < -0.39 is 0 Å². The molecule has 3 N–H and O–H groups in total. The number of anilines is 1. The van der Waals surface area contributed by atoms with E-state index in [-0.39, 0.29) is 5.41 Å². The Kier molecular flexibility index (Phi) is 3.01. The van der Waals surface area contributed by atoms with Gasteiger partial charge in [-0.15, -0.1) is 0 Å². The Morgan fingerprint density at radius 3 is 2.65 bits per heavy atom. The summed E-state index contributed by atoms with van der Waals surface area (Å²) in [6.07, 6.45) is 7.23. The van der Waals surface area contributed by atoms with E-state index >= 15 is 0 Å². The Balaban J connectivity index is 1.94. The Morgan fingerprint density at radius 2 is 2.05 bits per heavy atom. The highest BCUT2D eigenvalue weighted by atomic mass is 32.1. The van der Waals surface area contributed by atoms with Gasteiger partial charge in [-0.25, -0.2) is 9.97 Å². The molecule has 0 spiro atoms. The minimum Gasteiger partial charge on any atom is -0.388 e. The lowest BCUT2D eigenvalue weighted by Crippen LogP contribution is -2.46. The first-order valence-corrected chi connectivity index (χ1v) is 7.63. The molecule has 1 heterocycles. The molecule has 2 fully saturated rings. The standard InChI is InChI=1S/C15H22N4S/c1-14(2)9-4-5-15(3,8-9)13(14)19-12-10(11(16)20)17-6-7-18-12/h6-7,9,13H,4-5,8H2,1-3H3,(H2,16,20)(H,18,19). The largest absolute Gasteiger partial charge is 0.388 e. The van der Waals surface area contributed by atoms with Crippen molar-refractivity contribution < 1.29 is 0 Å². The van der Waals surface area contributed by atoms with Crippen LogP contribution in [0.25, 0.3) is 0 Å². The zero-order chi connectivity index (χ0) is 14.5. The van der Waals surface area contributed by atoms with E-state index in [0.717, 1.165) is 11.7 Å². The predicted octanol–water partition coefficient (Wildman–Crippen LogP) is 2.74. The Hall–Kier alpha value is -1.23. The Bertz CT molecular complexity index is 552. The Morgan fingerprint density at radius 1 is 1.35 bits per heavy atom. The fourth-order valence-electron chi connectivity index (χ4n) is 4.42. The normalized spacial score (nSPS) is 34.1. The molecule has 4 nitrogen and oxygen atoms in total. The molecule has 2 bridgehead atoms. The second-order valence-corrected chi connectivity index (χ2v) is 7.55. The van der Waals surface area contributed by atoms with Gasteiger partial charge in [-0.2, -0.15) is 0 Å². The van der Waals surface area contributed by atoms with E-state index in [1.165, 1.54) is 19.3 Å². The number of nitrogens with two attached hydrogens (primary N) is 1. The van der Waals surface area contributed by atoms with Crippen molar-refractivity contribution in [3.05, 3.63) is 18.1 Å². The lowest BCUT2D eigenvalue weighted by atomic mass is 9.68. The molecule has 2 saturated carbocycles. The van der Waals surface area contributed by atoms with Crippen molar-refractivity contribution >= 4 is 23.0 Å². The molecule has 0 aliphatic heterocycles. The Labute approximate surface area is 125 Å². The molecule has 0 saturated heterocycles. The van der Waals surface area contributed by atoms with Gasteiger partial charge < -0.3 is 11.1 Å². The number of thiocarbonyl (C=S) groups is 1. The summed E-state index contributed by atoms with van der Waals surface area (Å²) in [5.41, 5.74) is 6.95. The topological polar surface area (TPSA) is 63.8 Å². The summed E-state index contributed by atoms with van der Waals surface area (Å²) in [5, 5.41) is 3.61. The molecule has 3 rings (SSSR count). The molecule has 0 radical (unpaired) electrons. The first-order valence-electron chi connectivity index (χ1n) is 7.22. The van der Waals surface area contributed by atoms with Crippen molar-refractivity contribution in [2.45, 2.75) is 46.1 Å². The number of nitrogens with zero attached hydrogens (tertiary/aromatic N) is 2. The average molecular weight is 290 g/mol. The molecule has 1 aromatic rings. The lowest BCUT2D eigenvalue weighted by Gasteiger charge is -2.43. The molecule has 3 atom stereocenters. The van der Waals surface area contributed by atoms with Crippen LogP contribution in [0, 0.1) is 16.7 Å². The number of rotatable bonds is 3. The molecule has 2 aliphatic carbocycles. The van der Waals surface area contributed by atoms with Crippen LogP contribution in [0.5, 0.6) is 0 Å². The highest BCUT2D eigenvalue weighted by Crippen LogP contribution is 2.63. The van der Waals surface area contributed by atoms with Gasteiger partial charge in [0.1, 0.15) is 10.7 Å². The summed E-state index contributed by atoms with van der Waals surface area (Å²) in [7, 11) is 0. The molecule has 3 unspecified atom stereocenters. The van der Waals surface area contributed by atoms with Crippen LogP contribution in [0.2, 0.25) is 0 Å². The molecule has 0 amide bonds. The maximum Gasteiger partial charge on any atom is 0.155 e. The molecular formula is C15H22N4S. The number of fused-ring (bicyclic) bond motifs is 2. The van der Waals surface area contributed by atoms with E-state index in [1.54, 1.807) is 12.4 Å². The van der Waals surface area contributed by atoms with Crippen molar-refractivity contribution in [3.63, 3.8) is 0 Å². The van der Waals surface area contributed by atoms with E-state index in [2.05, 4.69) is 36.1 Å². The minimum atomic E-state index is 0.262. The summed E-state index contributed by atoms with van der Waals surface area (Å²) < 4.78 is 0. The van der Waals surface area contributed by atoms with Gasteiger partial charge in [-0.1, -0.05) is 33.0 Å². The summed E-state index contributed by atoms with van der Waals surface area (Å²) >= 11 is 5.08.